The van der Waals surface area contributed by atoms with E-state index in [9.17, 15) is 4.39 Å². The lowest BCUT2D eigenvalue weighted by Gasteiger charge is -1.99. The first-order valence-corrected chi connectivity index (χ1v) is 6.80. The summed E-state index contributed by atoms with van der Waals surface area (Å²) in [7, 11) is 0. The molecule has 2 aromatic carbocycles. The van der Waals surface area contributed by atoms with Gasteiger partial charge in [0.05, 0.1) is 15.5 Å². The fraction of sp³-hybridized carbons (Fsp3) is 0.133. The first-order valence-electron chi connectivity index (χ1n) is 6.01. The Balaban J connectivity index is 1.97. The summed E-state index contributed by atoms with van der Waals surface area (Å²) < 4.78 is 13.9. The number of fused-ring (bicyclic) bond motifs is 1. The van der Waals surface area contributed by atoms with Crippen molar-refractivity contribution in [2.24, 2.45) is 0 Å². The zero-order valence-corrected chi connectivity index (χ0v) is 12.0. The molecule has 2 nitrogen and oxygen atoms in total. The molecule has 1 heterocycles. The number of aromatic nitrogens is 2. The molecule has 4 heteroatoms. The summed E-state index contributed by atoms with van der Waals surface area (Å²) in [5.41, 5.74) is 3.92. The van der Waals surface area contributed by atoms with E-state index in [0.717, 1.165) is 23.3 Å². The van der Waals surface area contributed by atoms with Gasteiger partial charge in [-0.15, -0.1) is 0 Å². The summed E-state index contributed by atoms with van der Waals surface area (Å²) in [5, 5.41) is 0. The average molecular weight is 319 g/mol. The van der Waals surface area contributed by atoms with Crippen LogP contribution in [-0.2, 0) is 6.42 Å². The lowest BCUT2D eigenvalue weighted by Crippen LogP contribution is -1.90. The molecule has 0 spiro atoms. The van der Waals surface area contributed by atoms with Gasteiger partial charge in [-0.2, -0.15) is 0 Å². The van der Waals surface area contributed by atoms with E-state index in [1.165, 1.54) is 17.2 Å². The average Bonchev–Trinajstić information content (AvgIpc) is 2.71. The highest BCUT2D eigenvalue weighted by molar-refractivity contribution is 9.10. The third-order valence-electron chi connectivity index (χ3n) is 3.03. The minimum Gasteiger partial charge on any atom is -0.342 e. The topological polar surface area (TPSA) is 28.7 Å². The van der Waals surface area contributed by atoms with Gasteiger partial charge in [-0.3, -0.25) is 0 Å². The lowest BCUT2D eigenvalue weighted by atomic mass is 10.1. The quantitative estimate of drug-likeness (QED) is 0.747. The van der Waals surface area contributed by atoms with Crippen LogP contribution in [0.2, 0.25) is 0 Å². The number of nitrogens with zero attached hydrogens (tertiary/aromatic N) is 1. The Hall–Kier alpha value is -1.68. The third-order valence-corrected chi connectivity index (χ3v) is 3.63. The van der Waals surface area contributed by atoms with E-state index >= 15 is 0 Å². The molecule has 0 aliphatic carbocycles. The molecular formula is C15H12BrFN2. The Morgan fingerprint density at radius 1 is 1.26 bits per heavy atom. The molecule has 3 rings (SSSR count). The number of halogens is 2. The highest BCUT2D eigenvalue weighted by atomic mass is 79.9. The van der Waals surface area contributed by atoms with E-state index in [-0.39, 0.29) is 5.82 Å². The number of rotatable bonds is 2. The van der Waals surface area contributed by atoms with E-state index in [1.54, 1.807) is 6.07 Å². The van der Waals surface area contributed by atoms with Gasteiger partial charge in [-0.25, -0.2) is 9.37 Å². The summed E-state index contributed by atoms with van der Waals surface area (Å²) in [4.78, 5) is 7.65. The van der Waals surface area contributed by atoms with E-state index in [0.29, 0.717) is 4.47 Å². The minimum atomic E-state index is -0.279. The van der Waals surface area contributed by atoms with Crippen molar-refractivity contribution in [2.75, 3.05) is 0 Å². The lowest BCUT2D eigenvalue weighted by molar-refractivity contribution is 0.623. The van der Waals surface area contributed by atoms with Gasteiger partial charge in [0.2, 0.25) is 0 Å². The molecular weight excluding hydrogens is 307 g/mol. The second kappa shape index (κ2) is 4.78. The molecule has 0 unspecified atom stereocenters. The predicted molar refractivity (Wildman–Crippen MR) is 77.7 cm³/mol. The van der Waals surface area contributed by atoms with Gasteiger partial charge in [-0.1, -0.05) is 29.8 Å². The SMILES string of the molecule is Cc1cccc(Cc2nc3cc(Br)c(F)cc3[nH]2)c1. The number of hydrogen-bond donors (Lipinski definition) is 1. The van der Waals surface area contributed by atoms with Crippen LogP contribution < -0.4 is 0 Å². The van der Waals surface area contributed by atoms with E-state index in [2.05, 4.69) is 51.0 Å². The first kappa shape index (κ1) is 12.4. The standard InChI is InChI=1S/C15H12BrFN2/c1-9-3-2-4-10(5-9)6-15-18-13-7-11(16)12(17)8-14(13)19-15/h2-5,7-8H,6H2,1H3,(H,18,19). The van der Waals surface area contributed by atoms with Crippen molar-refractivity contribution in [3.63, 3.8) is 0 Å². The van der Waals surface area contributed by atoms with Crippen LogP contribution in [0.1, 0.15) is 17.0 Å². The minimum absolute atomic E-state index is 0.279. The van der Waals surface area contributed by atoms with Crippen molar-refractivity contribution < 1.29 is 4.39 Å². The van der Waals surface area contributed by atoms with Gasteiger partial charge in [-0.05, 0) is 34.5 Å². The molecule has 0 fully saturated rings. The van der Waals surface area contributed by atoms with Crippen molar-refractivity contribution in [3.8, 4) is 0 Å². The Morgan fingerprint density at radius 3 is 2.89 bits per heavy atom. The van der Waals surface area contributed by atoms with Gasteiger partial charge in [0.1, 0.15) is 11.6 Å². The highest BCUT2D eigenvalue weighted by Gasteiger charge is 2.07. The molecule has 19 heavy (non-hydrogen) atoms. The van der Waals surface area contributed by atoms with Gasteiger partial charge in [0, 0.05) is 12.5 Å². The fourth-order valence-electron chi connectivity index (χ4n) is 2.16. The number of hydrogen-bond acceptors (Lipinski definition) is 1. The van der Waals surface area contributed by atoms with Crippen molar-refractivity contribution >= 4 is 27.0 Å². The molecule has 0 bridgehead atoms. The maximum absolute atomic E-state index is 13.4. The molecule has 0 atom stereocenters. The highest BCUT2D eigenvalue weighted by Crippen LogP contribution is 2.22. The molecule has 0 aliphatic rings. The van der Waals surface area contributed by atoms with Crippen LogP contribution in [0, 0.1) is 12.7 Å². The second-order valence-corrected chi connectivity index (χ2v) is 5.49. The third kappa shape index (κ3) is 2.54. The van der Waals surface area contributed by atoms with Crippen LogP contribution in [0.4, 0.5) is 4.39 Å². The van der Waals surface area contributed by atoms with Crippen LogP contribution in [-0.4, -0.2) is 9.97 Å². The molecule has 96 valence electrons. The zero-order chi connectivity index (χ0) is 13.4. The normalized spacial score (nSPS) is 11.1. The monoisotopic (exact) mass is 318 g/mol. The molecule has 3 aromatic rings. The van der Waals surface area contributed by atoms with E-state index in [4.69, 9.17) is 0 Å². The van der Waals surface area contributed by atoms with Gasteiger partial charge in [0.15, 0.2) is 0 Å². The molecule has 0 aliphatic heterocycles. The molecule has 0 saturated heterocycles. The maximum Gasteiger partial charge on any atom is 0.139 e. The van der Waals surface area contributed by atoms with Crippen LogP contribution in [0.25, 0.3) is 11.0 Å². The summed E-state index contributed by atoms with van der Waals surface area (Å²) in [6, 6.07) is 11.5. The number of aryl methyl sites for hydroxylation is 1. The van der Waals surface area contributed by atoms with Gasteiger partial charge in [0.25, 0.3) is 0 Å². The van der Waals surface area contributed by atoms with Crippen molar-refractivity contribution in [1.82, 2.24) is 9.97 Å². The Morgan fingerprint density at radius 2 is 2.11 bits per heavy atom. The van der Waals surface area contributed by atoms with Gasteiger partial charge < -0.3 is 4.98 Å². The number of nitrogens with one attached hydrogen (secondary N) is 1. The summed E-state index contributed by atoms with van der Waals surface area (Å²) >= 11 is 3.17. The summed E-state index contributed by atoms with van der Waals surface area (Å²) in [6.07, 6.45) is 0.718. The maximum atomic E-state index is 13.4. The van der Waals surface area contributed by atoms with Gasteiger partial charge >= 0.3 is 0 Å². The Bertz CT molecular complexity index is 710. The molecule has 1 N–H and O–H groups in total. The van der Waals surface area contributed by atoms with Crippen LogP contribution in [0.3, 0.4) is 0 Å². The second-order valence-electron chi connectivity index (χ2n) is 4.63. The zero-order valence-electron chi connectivity index (χ0n) is 10.4. The van der Waals surface area contributed by atoms with Crippen molar-refractivity contribution in [2.45, 2.75) is 13.3 Å². The summed E-state index contributed by atoms with van der Waals surface area (Å²) in [5.74, 6) is 0.566. The predicted octanol–water partition coefficient (Wildman–Crippen LogP) is 4.36. The van der Waals surface area contributed by atoms with Crippen molar-refractivity contribution in [3.05, 3.63) is 63.6 Å². The number of imidazole rings is 1. The van der Waals surface area contributed by atoms with Crippen LogP contribution in [0.15, 0.2) is 40.9 Å². The molecule has 1 aromatic heterocycles. The fourth-order valence-corrected chi connectivity index (χ4v) is 2.49. The largest absolute Gasteiger partial charge is 0.342 e. The van der Waals surface area contributed by atoms with Crippen LogP contribution in [0.5, 0.6) is 0 Å². The molecule has 0 saturated carbocycles. The summed E-state index contributed by atoms with van der Waals surface area (Å²) in [6.45, 7) is 2.06. The number of aromatic amines is 1. The Labute approximate surface area is 118 Å². The molecule has 0 amide bonds. The van der Waals surface area contributed by atoms with Crippen molar-refractivity contribution in [1.29, 1.82) is 0 Å². The smallest absolute Gasteiger partial charge is 0.139 e. The molecule has 0 radical (unpaired) electrons. The number of H-pyrrole nitrogens is 1. The van der Waals surface area contributed by atoms with E-state index in [1.807, 2.05) is 6.07 Å². The Kier molecular flexibility index (Phi) is 3.11. The van der Waals surface area contributed by atoms with E-state index < -0.39 is 0 Å². The number of benzene rings is 2. The van der Waals surface area contributed by atoms with Crippen LogP contribution >= 0.6 is 15.9 Å². The first-order chi connectivity index (χ1) is 9.11.